The van der Waals surface area contributed by atoms with Crippen molar-refractivity contribution in [3.63, 3.8) is 0 Å². The Morgan fingerprint density at radius 3 is 2.57 bits per heavy atom. The van der Waals surface area contributed by atoms with Crippen LogP contribution in [-0.2, 0) is 0 Å². The van der Waals surface area contributed by atoms with E-state index in [1.807, 2.05) is 37.3 Å². The van der Waals surface area contributed by atoms with Gasteiger partial charge in [0, 0.05) is 33.9 Å². The van der Waals surface area contributed by atoms with Crippen molar-refractivity contribution in [1.29, 1.82) is 0 Å². The van der Waals surface area contributed by atoms with Crippen molar-refractivity contribution in [3.05, 3.63) is 78.3 Å². The largest absolute Gasteiger partial charge is 0.364 e. The fraction of sp³-hybridized carbons (Fsp3) is 0.227. The van der Waals surface area contributed by atoms with Crippen LogP contribution in [0.4, 0.5) is 0 Å². The lowest BCUT2D eigenvalue weighted by atomic mass is 9.93. The highest BCUT2D eigenvalue weighted by Crippen LogP contribution is 2.34. The predicted octanol–water partition coefficient (Wildman–Crippen LogP) is 2.25. The van der Waals surface area contributed by atoms with Crippen LogP contribution < -0.4 is 16.4 Å². The van der Waals surface area contributed by atoms with E-state index >= 15 is 0 Å². The van der Waals surface area contributed by atoms with Crippen molar-refractivity contribution in [2.75, 3.05) is 27.7 Å². The lowest BCUT2D eigenvalue weighted by Crippen LogP contribution is -2.71. The maximum atomic E-state index is 7.07. The molecular weight excluding hydrogens is 348 g/mol. The van der Waals surface area contributed by atoms with E-state index < -0.39 is 5.79 Å². The van der Waals surface area contributed by atoms with Crippen LogP contribution in [0.5, 0.6) is 0 Å². The minimum Gasteiger partial charge on any atom is -0.364 e. The van der Waals surface area contributed by atoms with Gasteiger partial charge in [-0.15, -0.1) is 0 Å². The second-order valence-corrected chi connectivity index (χ2v) is 7.19. The number of hydrogen-bond acceptors (Lipinski definition) is 4. The molecule has 4 N–H and O–H groups in total. The standard InChI is InChI=1S/C22H26N6/c1-24-21-25-20(27(2)3)19(22(23,26-21)28-13-7-4-8-14-28)18-12-11-16-9-5-6-10-17(16)15-18/h4-13,15H,14,23H2,1-3H3,(H2,24,25,26). The molecule has 6 heteroatoms. The third-order valence-corrected chi connectivity index (χ3v) is 5.14. The molecule has 0 spiro atoms. The molecule has 1 atom stereocenters. The first-order chi connectivity index (χ1) is 13.5. The molecule has 2 aromatic rings. The number of allylic oxidation sites excluding steroid dienone is 2. The Kier molecular flexibility index (Phi) is 4.57. The Labute approximate surface area is 165 Å². The van der Waals surface area contributed by atoms with Gasteiger partial charge in [-0.25, -0.2) is 0 Å². The zero-order valence-electron chi connectivity index (χ0n) is 16.5. The van der Waals surface area contributed by atoms with Crippen molar-refractivity contribution in [1.82, 2.24) is 20.4 Å². The average molecular weight is 374 g/mol. The Bertz CT molecular complexity index is 1020. The lowest BCUT2D eigenvalue weighted by Gasteiger charge is -2.47. The van der Waals surface area contributed by atoms with Crippen LogP contribution in [0.3, 0.4) is 0 Å². The number of rotatable bonds is 3. The molecule has 144 valence electrons. The summed E-state index contributed by atoms with van der Waals surface area (Å²) >= 11 is 0. The van der Waals surface area contributed by atoms with Gasteiger partial charge in [0.15, 0.2) is 11.7 Å². The summed E-state index contributed by atoms with van der Waals surface area (Å²) in [7, 11) is 5.76. The molecule has 2 aliphatic rings. The number of aliphatic imine (C=N–C) groups is 1. The summed E-state index contributed by atoms with van der Waals surface area (Å²) in [5.41, 5.74) is 9.10. The molecule has 4 rings (SSSR count). The van der Waals surface area contributed by atoms with E-state index in [1.165, 1.54) is 10.8 Å². The molecule has 28 heavy (non-hydrogen) atoms. The lowest BCUT2D eigenvalue weighted by molar-refractivity contribution is 0.202. The summed E-state index contributed by atoms with van der Waals surface area (Å²) in [5, 5.41) is 9.17. The molecule has 2 aromatic carbocycles. The highest BCUT2D eigenvalue weighted by atomic mass is 15.5. The van der Waals surface area contributed by atoms with Crippen LogP contribution in [0.25, 0.3) is 16.3 Å². The molecule has 2 aliphatic heterocycles. The summed E-state index contributed by atoms with van der Waals surface area (Å²) < 4.78 is 0. The quantitative estimate of drug-likeness (QED) is 0.769. The summed E-state index contributed by atoms with van der Waals surface area (Å²) in [6, 6.07) is 14.8. The van der Waals surface area contributed by atoms with Gasteiger partial charge in [-0.05, 0) is 28.5 Å². The number of hydrogen-bond donors (Lipinski definition) is 3. The monoisotopic (exact) mass is 374 g/mol. The van der Waals surface area contributed by atoms with Crippen LogP contribution in [-0.4, -0.2) is 49.2 Å². The Morgan fingerprint density at radius 1 is 1.11 bits per heavy atom. The highest BCUT2D eigenvalue weighted by molar-refractivity contribution is 5.94. The van der Waals surface area contributed by atoms with E-state index in [0.717, 1.165) is 17.0 Å². The summed E-state index contributed by atoms with van der Waals surface area (Å²) in [6.45, 7) is 0.703. The second-order valence-electron chi connectivity index (χ2n) is 7.19. The zero-order chi connectivity index (χ0) is 19.7. The van der Waals surface area contributed by atoms with Crippen molar-refractivity contribution in [2.24, 2.45) is 10.7 Å². The molecule has 0 aromatic heterocycles. The number of nitrogens with zero attached hydrogens (tertiary/aromatic N) is 3. The number of guanidine groups is 1. The molecule has 1 unspecified atom stereocenters. The SMILES string of the molecule is CN=C1NC(N(C)C)=C(c2ccc3ccccc3c2)C(N)(N2C=CC=CC2)N1. The highest BCUT2D eigenvalue weighted by Gasteiger charge is 2.43. The van der Waals surface area contributed by atoms with Crippen LogP contribution >= 0.6 is 0 Å². The minimum atomic E-state index is -0.955. The van der Waals surface area contributed by atoms with E-state index in [9.17, 15) is 0 Å². The van der Waals surface area contributed by atoms with Crippen molar-refractivity contribution in [2.45, 2.75) is 5.79 Å². The smallest absolute Gasteiger partial charge is 0.199 e. The van der Waals surface area contributed by atoms with Gasteiger partial charge in [0.25, 0.3) is 0 Å². The molecule has 0 bridgehead atoms. The van der Waals surface area contributed by atoms with Crippen LogP contribution in [0, 0.1) is 0 Å². The molecule has 6 nitrogen and oxygen atoms in total. The maximum Gasteiger partial charge on any atom is 0.199 e. The molecule has 0 amide bonds. The number of benzene rings is 2. The minimum absolute atomic E-state index is 0.638. The van der Waals surface area contributed by atoms with E-state index in [0.29, 0.717) is 12.5 Å². The fourth-order valence-electron chi connectivity index (χ4n) is 3.72. The third-order valence-electron chi connectivity index (χ3n) is 5.14. The van der Waals surface area contributed by atoms with Gasteiger partial charge in [-0.2, -0.15) is 0 Å². The van der Waals surface area contributed by atoms with E-state index in [4.69, 9.17) is 5.73 Å². The van der Waals surface area contributed by atoms with Gasteiger partial charge in [-0.3, -0.25) is 10.7 Å². The fourth-order valence-corrected chi connectivity index (χ4v) is 3.72. The van der Waals surface area contributed by atoms with Crippen molar-refractivity contribution in [3.8, 4) is 0 Å². The maximum absolute atomic E-state index is 7.07. The molecular formula is C22H26N6. The second kappa shape index (κ2) is 7.05. The third kappa shape index (κ3) is 3.01. The molecule has 0 saturated carbocycles. The summed E-state index contributed by atoms with van der Waals surface area (Å²) in [5.74, 6) is 0.599. The van der Waals surface area contributed by atoms with Crippen LogP contribution in [0.1, 0.15) is 5.56 Å². The van der Waals surface area contributed by atoms with E-state index in [1.54, 1.807) is 7.05 Å². The normalized spacial score (nSPS) is 23.1. The van der Waals surface area contributed by atoms with E-state index in [2.05, 4.69) is 69.1 Å². The van der Waals surface area contributed by atoms with Gasteiger partial charge in [0.05, 0.1) is 5.57 Å². The van der Waals surface area contributed by atoms with E-state index in [-0.39, 0.29) is 0 Å². The molecule has 0 fully saturated rings. The van der Waals surface area contributed by atoms with Crippen molar-refractivity contribution >= 4 is 22.3 Å². The van der Waals surface area contributed by atoms with Gasteiger partial charge in [-0.1, -0.05) is 48.6 Å². The van der Waals surface area contributed by atoms with Crippen LogP contribution in [0.15, 0.2) is 77.7 Å². The van der Waals surface area contributed by atoms with Gasteiger partial charge < -0.3 is 20.4 Å². The Balaban J connectivity index is 1.95. The first-order valence-electron chi connectivity index (χ1n) is 9.35. The van der Waals surface area contributed by atoms with Gasteiger partial charge in [0.1, 0.15) is 5.82 Å². The first-order valence-corrected chi connectivity index (χ1v) is 9.35. The Morgan fingerprint density at radius 2 is 1.89 bits per heavy atom. The van der Waals surface area contributed by atoms with Gasteiger partial charge >= 0.3 is 0 Å². The number of fused-ring (bicyclic) bond motifs is 1. The number of nitrogens with two attached hydrogens (primary N) is 1. The number of nitrogens with one attached hydrogen (secondary N) is 2. The topological polar surface area (TPSA) is 68.9 Å². The van der Waals surface area contributed by atoms with Gasteiger partial charge in [0.2, 0.25) is 0 Å². The molecule has 0 aliphatic carbocycles. The Hall–Kier alpha value is -3.25. The first kappa shape index (κ1) is 18.1. The van der Waals surface area contributed by atoms with Crippen molar-refractivity contribution < 1.29 is 0 Å². The molecule has 2 heterocycles. The molecule has 0 saturated heterocycles. The molecule has 0 radical (unpaired) electrons. The zero-order valence-corrected chi connectivity index (χ0v) is 16.5. The van der Waals surface area contributed by atoms with Crippen LogP contribution in [0.2, 0.25) is 0 Å². The summed E-state index contributed by atoms with van der Waals surface area (Å²) in [6.07, 6.45) is 8.13. The summed E-state index contributed by atoms with van der Waals surface area (Å²) in [4.78, 5) is 8.47. The average Bonchev–Trinajstić information content (AvgIpc) is 2.73. The predicted molar refractivity (Wildman–Crippen MR) is 116 cm³/mol.